The Kier molecular flexibility index (Phi) is 3.88. The first-order valence-electron chi connectivity index (χ1n) is 8.63. The molecule has 0 radical (unpaired) electrons. The third kappa shape index (κ3) is 3.29. The van der Waals surface area contributed by atoms with Crippen molar-refractivity contribution in [2.24, 2.45) is 0 Å². The summed E-state index contributed by atoms with van der Waals surface area (Å²) in [5.41, 5.74) is 0. The molecule has 1 aliphatic heterocycles. The lowest BCUT2D eigenvalue weighted by Crippen LogP contribution is -2.42. The maximum Gasteiger partial charge on any atom is 0.229 e. The molecule has 7 nitrogen and oxygen atoms in total. The Morgan fingerprint density at radius 3 is 2.74 bits per heavy atom. The first kappa shape index (κ1) is 14.8. The zero-order chi connectivity index (χ0) is 15.8. The molecule has 0 amide bonds. The molecule has 23 heavy (non-hydrogen) atoms. The molecule has 0 spiro atoms. The number of rotatable bonds is 5. The van der Waals surface area contributed by atoms with Crippen LogP contribution < -0.4 is 0 Å². The van der Waals surface area contributed by atoms with Gasteiger partial charge in [-0.15, -0.1) is 0 Å². The summed E-state index contributed by atoms with van der Waals surface area (Å²) in [7, 11) is 0. The van der Waals surface area contributed by atoms with Crippen molar-refractivity contribution in [2.75, 3.05) is 6.54 Å². The van der Waals surface area contributed by atoms with E-state index in [4.69, 9.17) is 4.52 Å². The van der Waals surface area contributed by atoms with Crippen molar-refractivity contribution in [2.45, 2.75) is 71.0 Å². The summed E-state index contributed by atoms with van der Waals surface area (Å²) in [6.07, 6.45) is 6.08. The van der Waals surface area contributed by atoms with E-state index in [1.165, 1.54) is 32.1 Å². The van der Waals surface area contributed by atoms with E-state index >= 15 is 0 Å². The minimum atomic E-state index is 0.464. The van der Waals surface area contributed by atoms with Gasteiger partial charge in [-0.1, -0.05) is 11.6 Å². The molecule has 1 saturated carbocycles. The largest absolute Gasteiger partial charge is 0.339 e. The van der Waals surface area contributed by atoms with Gasteiger partial charge in [-0.2, -0.15) is 10.1 Å². The van der Waals surface area contributed by atoms with Crippen LogP contribution in [0.3, 0.4) is 0 Å². The van der Waals surface area contributed by atoms with Gasteiger partial charge in [-0.05, 0) is 46.1 Å². The highest BCUT2D eigenvalue weighted by Crippen LogP contribution is 2.38. The number of piperidine rings is 1. The van der Waals surface area contributed by atoms with E-state index in [0.717, 1.165) is 43.0 Å². The summed E-state index contributed by atoms with van der Waals surface area (Å²) in [4.78, 5) is 11.5. The van der Waals surface area contributed by atoms with Crippen LogP contribution in [0.4, 0.5) is 0 Å². The van der Waals surface area contributed by atoms with E-state index in [-0.39, 0.29) is 0 Å². The van der Waals surface area contributed by atoms with Gasteiger partial charge in [0.05, 0.1) is 13.1 Å². The number of aryl methyl sites for hydroxylation is 2. The normalized spacial score (nSPS) is 22.6. The average Bonchev–Trinajstić information content (AvgIpc) is 3.20. The van der Waals surface area contributed by atoms with Crippen LogP contribution in [-0.4, -0.2) is 42.4 Å². The maximum absolute atomic E-state index is 5.39. The van der Waals surface area contributed by atoms with Crippen LogP contribution in [0.2, 0.25) is 0 Å². The molecule has 0 bridgehead atoms. The molecule has 2 aliphatic rings. The monoisotopic (exact) mass is 316 g/mol. The molecular formula is C16H24N6O. The van der Waals surface area contributed by atoms with Crippen LogP contribution >= 0.6 is 0 Å². The second-order valence-corrected chi connectivity index (χ2v) is 6.83. The lowest BCUT2D eigenvalue weighted by atomic mass is 10.0. The van der Waals surface area contributed by atoms with Gasteiger partial charge < -0.3 is 4.52 Å². The Morgan fingerprint density at radius 1 is 1.13 bits per heavy atom. The predicted molar refractivity (Wildman–Crippen MR) is 83.8 cm³/mol. The Bertz CT molecular complexity index is 674. The van der Waals surface area contributed by atoms with Crippen molar-refractivity contribution >= 4 is 0 Å². The minimum absolute atomic E-state index is 0.464. The topological polar surface area (TPSA) is 72.9 Å². The molecule has 7 heteroatoms. The quantitative estimate of drug-likeness (QED) is 0.842. The number of nitrogens with zero attached hydrogens (tertiary/aromatic N) is 6. The Hall–Kier alpha value is -1.76. The van der Waals surface area contributed by atoms with Crippen molar-refractivity contribution in [1.29, 1.82) is 0 Å². The van der Waals surface area contributed by atoms with Crippen molar-refractivity contribution in [3.63, 3.8) is 0 Å². The van der Waals surface area contributed by atoms with Crippen LogP contribution in [0.5, 0.6) is 0 Å². The van der Waals surface area contributed by atoms with Gasteiger partial charge in [-0.3, -0.25) is 4.90 Å². The Balaban J connectivity index is 1.44. The highest BCUT2D eigenvalue weighted by molar-refractivity contribution is 5.02. The van der Waals surface area contributed by atoms with Gasteiger partial charge in [0.2, 0.25) is 5.89 Å². The molecule has 2 fully saturated rings. The lowest BCUT2D eigenvalue weighted by molar-refractivity contribution is 0.117. The SMILES string of the molecule is Cc1nc(C)n(C[C@H]2CCCCN2Cc2noc(C3CC3)n2)n1. The lowest BCUT2D eigenvalue weighted by Gasteiger charge is -2.34. The Labute approximate surface area is 136 Å². The smallest absolute Gasteiger partial charge is 0.229 e. The first-order chi connectivity index (χ1) is 11.2. The van der Waals surface area contributed by atoms with E-state index in [0.29, 0.717) is 12.0 Å². The van der Waals surface area contributed by atoms with Gasteiger partial charge in [0.25, 0.3) is 0 Å². The van der Waals surface area contributed by atoms with E-state index < -0.39 is 0 Å². The summed E-state index contributed by atoms with van der Waals surface area (Å²) in [5.74, 6) is 4.01. The average molecular weight is 316 g/mol. The van der Waals surface area contributed by atoms with Gasteiger partial charge in [0.1, 0.15) is 11.6 Å². The van der Waals surface area contributed by atoms with Crippen molar-refractivity contribution in [1.82, 2.24) is 29.8 Å². The van der Waals surface area contributed by atoms with Gasteiger partial charge in [0.15, 0.2) is 5.82 Å². The summed E-state index contributed by atoms with van der Waals surface area (Å²) in [5, 5.41) is 8.68. The molecular weight excluding hydrogens is 292 g/mol. The van der Waals surface area contributed by atoms with Gasteiger partial charge >= 0.3 is 0 Å². The molecule has 0 unspecified atom stereocenters. The van der Waals surface area contributed by atoms with E-state index in [1.807, 2.05) is 18.5 Å². The number of aromatic nitrogens is 5. The molecule has 3 heterocycles. The van der Waals surface area contributed by atoms with Crippen molar-refractivity contribution < 1.29 is 4.52 Å². The zero-order valence-electron chi connectivity index (χ0n) is 13.9. The summed E-state index contributed by atoms with van der Waals surface area (Å²) in [6, 6.07) is 0.464. The molecule has 0 N–H and O–H groups in total. The number of hydrogen-bond donors (Lipinski definition) is 0. The fourth-order valence-electron chi connectivity index (χ4n) is 3.42. The van der Waals surface area contributed by atoms with E-state index in [1.54, 1.807) is 0 Å². The standard InChI is InChI=1S/C16H24N6O/c1-11-17-12(2)22(19-11)9-14-5-3-4-8-21(14)10-15-18-16(23-20-15)13-6-7-13/h13-14H,3-10H2,1-2H3/t14-/m1/s1. The molecule has 1 aliphatic carbocycles. The van der Waals surface area contributed by atoms with Crippen LogP contribution in [0, 0.1) is 13.8 Å². The second kappa shape index (κ2) is 6.03. The summed E-state index contributed by atoms with van der Waals surface area (Å²) < 4.78 is 7.42. The third-order valence-corrected chi connectivity index (χ3v) is 4.85. The molecule has 1 saturated heterocycles. The van der Waals surface area contributed by atoms with Crippen LogP contribution in [0.25, 0.3) is 0 Å². The molecule has 2 aromatic heterocycles. The fraction of sp³-hybridized carbons (Fsp3) is 0.750. The van der Waals surface area contributed by atoms with Gasteiger partial charge in [0, 0.05) is 12.0 Å². The van der Waals surface area contributed by atoms with E-state index in [2.05, 4.69) is 25.1 Å². The van der Waals surface area contributed by atoms with Crippen LogP contribution in [-0.2, 0) is 13.1 Å². The maximum atomic E-state index is 5.39. The second-order valence-electron chi connectivity index (χ2n) is 6.83. The molecule has 4 rings (SSSR count). The summed E-state index contributed by atoms with van der Waals surface area (Å²) in [6.45, 7) is 6.72. The van der Waals surface area contributed by atoms with Gasteiger partial charge in [-0.25, -0.2) is 9.67 Å². The number of hydrogen-bond acceptors (Lipinski definition) is 6. The zero-order valence-corrected chi connectivity index (χ0v) is 13.9. The molecule has 0 aromatic carbocycles. The summed E-state index contributed by atoms with van der Waals surface area (Å²) >= 11 is 0. The number of likely N-dealkylation sites (tertiary alicyclic amines) is 1. The first-order valence-corrected chi connectivity index (χ1v) is 8.63. The molecule has 1 atom stereocenters. The minimum Gasteiger partial charge on any atom is -0.339 e. The Morgan fingerprint density at radius 2 is 2.00 bits per heavy atom. The van der Waals surface area contributed by atoms with Crippen LogP contribution in [0.15, 0.2) is 4.52 Å². The predicted octanol–water partition coefficient (Wildman–Crippen LogP) is 2.21. The van der Waals surface area contributed by atoms with Crippen LogP contribution in [0.1, 0.15) is 61.4 Å². The highest BCUT2D eigenvalue weighted by Gasteiger charge is 2.31. The van der Waals surface area contributed by atoms with Crippen molar-refractivity contribution in [3.05, 3.63) is 23.4 Å². The van der Waals surface area contributed by atoms with E-state index in [9.17, 15) is 0 Å². The molecule has 2 aromatic rings. The fourth-order valence-corrected chi connectivity index (χ4v) is 3.42. The molecule has 124 valence electrons. The highest BCUT2D eigenvalue weighted by atomic mass is 16.5. The van der Waals surface area contributed by atoms with Crippen molar-refractivity contribution in [3.8, 4) is 0 Å². The third-order valence-electron chi connectivity index (χ3n) is 4.85.